The maximum absolute atomic E-state index is 11.7. The van der Waals surface area contributed by atoms with Crippen molar-refractivity contribution in [2.75, 3.05) is 32.2 Å². The summed E-state index contributed by atoms with van der Waals surface area (Å²) in [6.45, 7) is 0.940. The number of hydrogen-bond donors (Lipinski definition) is 3. The monoisotopic (exact) mass is 364 g/mol. The molecule has 0 unspecified atom stereocenters. The summed E-state index contributed by atoms with van der Waals surface area (Å²) < 4.78 is 10.3. The predicted octanol–water partition coefficient (Wildman–Crippen LogP) is 3.00. The highest BCUT2D eigenvalue weighted by Gasteiger charge is 2.11. The van der Waals surface area contributed by atoms with E-state index in [2.05, 4.69) is 10.6 Å². The van der Waals surface area contributed by atoms with Gasteiger partial charge >= 0.3 is 12.0 Å². The van der Waals surface area contributed by atoms with Gasteiger partial charge in [0, 0.05) is 25.8 Å². The zero-order valence-electron chi connectivity index (χ0n) is 12.5. The summed E-state index contributed by atoms with van der Waals surface area (Å²) in [4.78, 5) is 22.0. The van der Waals surface area contributed by atoms with Crippen LogP contribution in [0.1, 0.15) is 12.8 Å². The van der Waals surface area contributed by atoms with Crippen LogP contribution in [0.2, 0.25) is 10.0 Å². The molecule has 1 aromatic carbocycles. The average Bonchev–Trinajstić information content (AvgIpc) is 2.46. The van der Waals surface area contributed by atoms with Crippen molar-refractivity contribution in [3.63, 3.8) is 0 Å². The normalized spacial score (nSPS) is 10.2. The van der Waals surface area contributed by atoms with E-state index in [1.807, 2.05) is 0 Å². The third-order valence-corrected chi connectivity index (χ3v) is 3.20. The molecule has 1 rings (SSSR count). The fourth-order valence-corrected chi connectivity index (χ4v) is 2.21. The van der Waals surface area contributed by atoms with Crippen LogP contribution >= 0.6 is 23.2 Å². The number of carbonyl (C=O) groups excluding carboxylic acids is 1. The van der Waals surface area contributed by atoms with Crippen molar-refractivity contribution in [3.05, 3.63) is 22.2 Å². The van der Waals surface area contributed by atoms with Gasteiger partial charge in [0.25, 0.3) is 0 Å². The van der Waals surface area contributed by atoms with Crippen LogP contribution in [0.25, 0.3) is 0 Å². The summed E-state index contributed by atoms with van der Waals surface area (Å²) in [5.74, 6) is -0.590. The minimum atomic E-state index is -0.908. The van der Waals surface area contributed by atoms with Crippen molar-refractivity contribution in [2.45, 2.75) is 12.8 Å². The second kappa shape index (κ2) is 10.1. The number of urea groups is 1. The van der Waals surface area contributed by atoms with E-state index in [1.165, 1.54) is 12.1 Å². The number of nitrogens with one attached hydrogen (secondary N) is 2. The molecule has 0 aliphatic heterocycles. The fraction of sp³-hybridized carbons (Fsp3) is 0.429. The molecule has 0 fully saturated rings. The number of aliphatic carboxylic acids is 1. The Morgan fingerprint density at radius 1 is 1.22 bits per heavy atom. The maximum Gasteiger partial charge on any atom is 0.319 e. The maximum atomic E-state index is 11.7. The number of carbonyl (C=O) groups is 2. The number of methoxy groups -OCH3 is 1. The van der Waals surface area contributed by atoms with Crippen LogP contribution < -0.4 is 15.4 Å². The quantitative estimate of drug-likeness (QED) is 0.585. The van der Waals surface area contributed by atoms with Crippen molar-refractivity contribution in [1.82, 2.24) is 5.32 Å². The second-order valence-electron chi connectivity index (χ2n) is 4.49. The topological polar surface area (TPSA) is 96.9 Å². The van der Waals surface area contributed by atoms with Gasteiger partial charge in [0.2, 0.25) is 0 Å². The number of carboxylic acid groups (broad SMARTS) is 1. The van der Waals surface area contributed by atoms with E-state index in [1.54, 1.807) is 7.11 Å². The molecule has 0 aliphatic carbocycles. The van der Waals surface area contributed by atoms with E-state index in [0.717, 1.165) is 0 Å². The van der Waals surface area contributed by atoms with Crippen molar-refractivity contribution in [3.8, 4) is 5.75 Å². The van der Waals surface area contributed by atoms with Gasteiger partial charge in [-0.2, -0.15) is 0 Å². The number of rotatable bonds is 9. The summed E-state index contributed by atoms with van der Waals surface area (Å²) in [6.07, 6.45) is 0.335. The Bertz CT molecular complexity index is 531. The minimum absolute atomic E-state index is 0.00849. The molecule has 7 nitrogen and oxygen atoms in total. The molecule has 2 amide bonds. The Balaban J connectivity index is 2.54. The summed E-state index contributed by atoms with van der Waals surface area (Å²) in [6, 6.07) is 2.54. The van der Waals surface area contributed by atoms with E-state index in [9.17, 15) is 9.59 Å². The van der Waals surface area contributed by atoms with Gasteiger partial charge in [-0.15, -0.1) is 0 Å². The first-order valence-electron chi connectivity index (χ1n) is 6.81. The highest BCUT2D eigenvalue weighted by atomic mass is 35.5. The Morgan fingerprint density at radius 3 is 2.43 bits per heavy atom. The van der Waals surface area contributed by atoms with E-state index in [-0.39, 0.29) is 23.0 Å². The molecule has 0 aliphatic rings. The molecule has 3 N–H and O–H groups in total. The smallest absolute Gasteiger partial charge is 0.319 e. The van der Waals surface area contributed by atoms with Crippen molar-refractivity contribution < 1.29 is 24.2 Å². The molecule has 0 aromatic heterocycles. The highest BCUT2D eigenvalue weighted by molar-refractivity contribution is 6.37. The number of amides is 2. The predicted molar refractivity (Wildman–Crippen MR) is 87.7 cm³/mol. The molecule has 9 heteroatoms. The summed E-state index contributed by atoms with van der Waals surface area (Å²) in [7, 11) is 1.55. The van der Waals surface area contributed by atoms with Gasteiger partial charge in [0.1, 0.15) is 6.61 Å². The van der Waals surface area contributed by atoms with Gasteiger partial charge in [-0.1, -0.05) is 23.2 Å². The molecule has 0 bridgehead atoms. The molecular formula is C14H18Cl2N2O5. The van der Waals surface area contributed by atoms with E-state index in [4.69, 9.17) is 37.8 Å². The highest BCUT2D eigenvalue weighted by Crippen LogP contribution is 2.35. The summed E-state index contributed by atoms with van der Waals surface area (Å²) >= 11 is 12.1. The van der Waals surface area contributed by atoms with Gasteiger partial charge < -0.3 is 25.2 Å². The standard InChI is InChI=1S/C14H18Cl2N2O5/c1-22-5-6-23-13-10(15)7-9(8-11(13)16)18-14(21)17-4-2-3-12(19)20/h7-8H,2-6H2,1H3,(H,19,20)(H2,17,18,21). The number of anilines is 1. The lowest BCUT2D eigenvalue weighted by atomic mass is 10.3. The number of carboxylic acids is 1. The van der Waals surface area contributed by atoms with Crippen LogP contribution in [0, 0.1) is 0 Å². The number of ether oxygens (including phenoxy) is 2. The Kier molecular flexibility index (Phi) is 8.53. The summed E-state index contributed by atoms with van der Waals surface area (Å²) in [5.41, 5.74) is 0.398. The van der Waals surface area contributed by atoms with E-state index < -0.39 is 12.0 Å². The van der Waals surface area contributed by atoms with Crippen LogP contribution in [0.5, 0.6) is 5.75 Å². The lowest BCUT2D eigenvalue weighted by Gasteiger charge is -2.12. The lowest BCUT2D eigenvalue weighted by molar-refractivity contribution is -0.137. The molecular weight excluding hydrogens is 347 g/mol. The molecule has 0 heterocycles. The largest absolute Gasteiger partial charge is 0.488 e. The molecule has 0 saturated carbocycles. The fourth-order valence-electron chi connectivity index (χ4n) is 1.61. The van der Waals surface area contributed by atoms with Gasteiger partial charge in [-0.25, -0.2) is 4.79 Å². The first-order valence-corrected chi connectivity index (χ1v) is 7.57. The van der Waals surface area contributed by atoms with Crippen molar-refractivity contribution >= 4 is 40.9 Å². The minimum Gasteiger partial charge on any atom is -0.488 e. The Labute approximate surface area is 143 Å². The summed E-state index contributed by atoms with van der Waals surface area (Å²) in [5, 5.41) is 14.1. The van der Waals surface area contributed by atoms with Gasteiger partial charge in [-0.05, 0) is 18.6 Å². The van der Waals surface area contributed by atoms with Gasteiger partial charge in [-0.3, -0.25) is 4.79 Å². The zero-order chi connectivity index (χ0) is 17.2. The van der Waals surface area contributed by atoms with Crippen molar-refractivity contribution in [2.24, 2.45) is 0 Å². The van der Waals surface area contributed by atoms with Crippen LogP contribution in [-0.4, -0.2) is 44.0 Å². The molecule has 0 spiro atoms. The average molecular weight is 365 g/mol. The molecule has 0 radical (unpaired) electrons. The molecule has 0 saturated heterocycles. The van der Waals surface area contributed by atoms with E-state index >= 15 is 0 Å². The molecule has 23 heavy (non-hydrogen) atoms. The van der Waals surface area contributed by atoms with E-state index in [0.29, 0.717) is 31.1 Å². The molecule has 1 aromatic rings. The molecule has 0 atom stereocenters. The van der Waals surface area contributed by atoms with Crippen LogP contribution in [0.15, 0.2) is 12.1 Å². The lowest BCUT2D eigenvalue weighted by Crippen LogP contribution is -2.29. The molecule has 128 valence electrons. The van der Waals surface area contributed by atoms with Gasteiger partial charge in [0.15, 0.2) is 5.75 Å². The zero-order valence-corrected chi connectivity index (χ0v) is 14.0. The number of hydrogen-bond acceptors (Lipinski definition) is 4. The van der Waals surface area contributed by atoms with Crippen LogP contribution in [0.3, 0.4) is 0 Å². The first kappa shape index (κ1) is 19.3. The SMILES string of the molecule is COCCOc1c(Cl)cc(NC(=O)NCCCC(=O)O)cc1Cl. The first-order chi connectivity index (χ1) is 10.9. The Hall–Kier alpha value is -1.70. The third-order valence-electron chi connectivity index (χ3n) is 2.64. The number of halogens is 2. The second-order valence-corrected chi connectivity index (χ2v) is 5.30. The number of benzene rings is 1. The Morgan fingerprint density at radius 2 is 1.87 bits per heavy atom. The van der Waals surface area contributed by atoms with Gasteiger partial charge in [0.05, 0.1) is 16.7 Å². The van der Waals surface area contributed by atoms with Crippen LogP contribution in [0.4, 0.5) is 10.5 Å². The van der Waals surface area contributed by atoms with Crippen molar-refractivity contribution in [1.29, 1.82) is 0 Å². The third kappa shape index (κ3) is 7.40. The van der Waals surface area contributed by atoms with Crippen LogP contribution in [-0.2, 0) is 9.53 Å².